The topological polar surface area (TPSA) is 61.9 Å². The predicted molar refractivity (Wildman–Crippen MR) is 99.1 cm³/mol. The smallest absolute Gasteiger partial charge is 0.317 e. The number of rotatable bonds is 4. The fourth-order valence-electron chi connectivity index (χ4n) is 2.91. The molecule has 0 spiro atoms. The highest BCUT2D eigenvalue weighted by Crippen LogP contribution is 2.14. The zero-order chi connectivity index (χ0) is 18.4. The van der Waals surface area contributed by atoms with Crippen LogP contribution in [-0.4, -0.2) is 55.0 Å². The second-order valence-corrected chi connectivity index (χ2v) is 6.15. The Balaban J connectivity index is 1.48. The molecular formula is C20H23N3O3. The highest BCUT2D eigenvalue weighted by atomic mass is 16.5. The lowest BCUT2D eigenvalue weighted by molar-refractivity contribution is 0.0665. The molecule has 0 bridgehead atoms. The summed E-state index contributed by atoms with van der Waals surface area (Å²) in [5.41, 5.74) is 1.70. The van der Waals surface area contributed by atoms with Crippen molar-refractivity contribution in [3.05, 3.63) is 65.7 Å². The van der Waals surface area contributed by atoms with Gasteiger partial charge in [-0.3, -0.25) is 4.79 Å². The molecule has 2 aromatic carbocycles. The van der Waals surface area contributed by atoms with E-state index in [1.807, 2.05) is 30.3 Å². The summed E-state index contributed by atoms with van der Waals surface area (Å²) in [4.78, 5) is 28.4. The summed E-state index contributed by atoms with van der Waals surface area (Å²) in [6.07, 6.45) is 0. The van der Waals surface area contributed by atoms with Gasteiger partial charge in [-0.15, -0.1) is 0 Å². The fourth-order valence-corrected chi connectivity index (χ4v) is 2.91. The number of ether oxygens (including phenoxy) is 1. The number of amides is 3. The Kier molecular flexibility index (Phi) is 5.73. The quantitative estimate of drug-likeness (QED) is 0.918. The van der Waals surface area contributed by atoms with Gasteiger partial charge < -0.3 is 19.9 Å². The molecule has 1 heterocycles. The van der Waals surface area contributed by atoms with Crippen LogP contribution in [0.5, 0.6) is 5.75 Å². The number of benzene rings is 2. The summed E-state index contributed by atoms with van der Waals surface area (Å²) in [5, 5.41) is 2.93. The van der Waals surface area contributed by atoms with Gasteiger partial charge >= 0.3 is 6.03 Å². The van der Waals surface area contributed by atoms with Gasteiger partial charge in [-0.05, 0) is 29.8 Å². The summed E-state index contributed by atoms with van der Waals surface area (Å²) in [6.45, 7) is 2.63. The molecule has 0 unspecified atom stereocenters. The monoisotopic (exact) mass is 353 g/mol. The number of urea groups is 1. The van der Waals surface area contributed by atoms with Gasteiger partial charge in [0.15, 0.2) is 0 Å². The maximum absolute atomic E-state index is 12.6. The van der Waals surface area contributed by atoms with Crippen molar-refractivity contribution in [2.24, 2.45) is 0 Å². The van der Waals surface area contributed by atoms with E-state index in [-0.39, 0.29) is 11.9 Å². The molecule has 3 rings (SSSR count). The van der Waals surface area contributed by atoms with E-state index in [2.05, 4.69) is 5.32 Å². The zero-order valence-electron chi connectivity index (χ0n) is 14.9. The molecule has 2 aromatic rings. The standard InChI is InChI=1S/C20H23N3O3/c1-26-18-9-7-17(8-10-18)19(24)22-11-13-23(14-12-22)20(25)21-15-16-5-3-2-4-6-16/h2-10H,11-15H2,1H3,(H,21,25). The fraction of sp³-hybridized carbons (Fsp3) is 0.300. The van der Waals surface area contributed by atoms with Gasteiger partial charge in [-0.2, -0.15) is 0 Å². The number of methoxy groups -OCH3 is 1. The van der Waals surface area contributed by atoms with Crippen molar-refractivity contribution >= 4 is 11.9 Å². The summed E-state index contributed by atoms with van der Waals surface area (Å²) in [7, 11) is 1.60. The van der Waals surface area contributed by atoms with Gasteiger partial charge in [0.25, 0.3) is 5.91 Å². The Hall–Kier alpha value is -3.02. The molecule has 1 N–H and O–H groups in total. The molecule has 26 heavy (non-hydrogen) atoms. The first-order valence-electron chi connectivity index (χ1n) is 8.67. The third kappa shape index (κ3) is 4.33. The van der Waals surface area contributed by atoms with E-state index < -0.39 is 0 Å². The van der Waals surface area contributed by atoms with Crippen molar-refractivity contribution in [2.75, 3.05) is 33.3 Å². The van der Waals surface area contributed by atoms with E-state index in [1.165, 1.54) is 0 Å². The molecule has 136 valence electrons. The Morgan fingerprint density at radius 2 is 1.54 bits per heavy atom. The SMILES string of the molecule is COc1ccc(C(=O)N2CCN(C(=O)NCc3ccccc3)CC2)cc1. The van der Waals surface area contributed by atoms with Crippen LogP contribution in [0.1, 0.15) is 15.9 Å². The van der Waals surface area contributed by atoms with Crippen LogP contribution >= 0.6 is 0 Å². The summed E-state index contributed by atoms with van der Waals surface area (Å²) in [5.74, 6) is 0.707. The van der Waals surface area contributed by atoms with Crippen molar-refractivity contribution in [1.29, 1.82) is 0 Å². The number of nitrogens with one attached hydrogen (secondary N) is 1. The molecule has 1 aliphatic rings. The van der Waals surface area contributed by atoms with Crippen LogP contribution in [0.15, 0.2) is 54.6 Å². The molecule has 3 amide bonds. The molecule has 0 aliphatic carbocycles. The molecule has 0 atom stereocenters. The normalized spacial score (nSPS) is 14.0. The van der Waals surface area contributed by atoms with Crippen LogP contribution in [-0.2, 0) is 6.54 Å². The largest absolute Gasteiger partial charge is 0.497 e. The number of hydrogen-bond donors (Lipinski definition) is 1. The summed E-state index contributed by atoms with van der Waals surface area (Å²) in [6, 6.07) is 16.8. The molecule has 0 saturated carbocycles. The van der Waals surface area contributed by atoms with E-state index in [1.54, 1.807) is 41.2 Å². The van der Waals surface area contributed by atoms with Gasteiger partial charge in [-0.1, -0.05) is 30.3 Å². The first-order chi connectivity index (χ1) is 12.7. The van der Waals surface area contributed by atoms with Gasteiger partial charge in [0, 0.05) is 38.3 Å². The number of hydrogen-bond acceptors (Lipinski definition) is 3. The molecule has 6 heteroatoms. The number of piperazine rings is 1. The van der Waals surface area contributed by atoms with E-state index in [4.69, 9.17) is 4.74 Å². The van der Waals surface area contributed by atoms with Crippen molar-refractivity contribution in [3.63, 3.8) is 0 Å². The Morgan fingerprint density at radius 3 is 2.15 bits per heavy atom. The maximum atomic E-state index is 12.6. The minimum Gasteiger partial charge on any atom is -0.497 e. The molecule has 6 nitrogen and oxygen atoms in total. The first kappa shape index (κ1) is 17.8. The van der Waals surface area contributed by atoms with Gasteiger partial charge in [0.1, 0.15) is 5.75 Å². The molecule has 1 aliphatic heterocycles. The summed E-state index contributed by atoms with van der Waals surface area (Å²) >= 11 is 0. The van der Waals surface area contributed by atoms with E-state index in [9.17, 15) is 9.59 Å². The van der Waals surface area contributed by atoms with E-state index in [0.717, 1.165) is 11.3 Å². The first-order valence-corrected chi connectivity index (χ1v) is 8.67. The molecule has 0 radical (unpaired) electrons. The van der Waals surface area contributed by atoms with Gasteiger partial charge in [0.2, 0.25) is 0 Å². The zero-order valence-corrected chi connectivity index (χ0v) is 14.9. The average Bonchev–Trinajstić information content (AvgIpc) is 2.72. The Labute approximate surface area is 153 Å². The van der Waals surface area contributed by atoms with Crippen LogP contribution in [0.3, 0.4) is 0 Å². The molecule has 1 fully saturated rings. The van der Waals surface area contributed by atoms with Crippen LogP contribution in [0.2, 0.25) is 0 Å². The molecule has 1 saturated heterocycles. The lowest BCUT2D eigenvalue weighted by Gasteiger charge is -2.34. The number of carbonyl (C=O) groups is 2. The van der Waals surface area contributed by atoms with Crippen molar-refractivity contribution in [3.8, 4) is 5.75 Å². The molecule has 0 aromatic heterocycles. The number of nitrogens with zero attached hydrogens (tertiary/aromatic N) is 2. The highest BCUT2D eigenvalue weighted by molar-refractivity contribution is 5.94. The van der Waals surface area contributed by atoms with Gasteiger partial charge in [0.05, 0.1) is 7.11 Å². The van der Waals surface area contributed by atoms with Crippen molar-refractivity contribution < 1.29 is 14.3 Å². The average molecular weight is 353 g/mol. The second kappa shape index (κ2) is 8.38. The van der Waals surface area contributed by atoms with Crippen molar-refractivity contribution in [1.82, 2.24) is 15.1 Å². The Bertz CT molecular complexity index is 739. The van der Waals surface area contributed by atoms with E-state index >= 15 is 0 Å². The minimum absolute atomic E-state index is 0.0167. The third-order valence-electron chi connectivity index (χ3n) is 4.48. The van der Waals surface area contributed by atoms with Crippen LogP contribution in [0, 0.1) is 0 Å². The summed E-state index contributed by atoms with van der Waals surface area (Å²) < 4.78 is 5.11. The van der Waals surface area contributed by atoms with Crippen LogP contribution in [0.25, 0.3) is 0 Å². The van der Waals surface area contributed by atoms with Crippen molar-refractivity contribution in [2.45, 2.75) is 6.54 Å². The second-order valence-electron chi connectivity index (χ2n) is 6.15. The minimum atomic E-state index is -0.0922. The lowest BCUT2D eigenvalue weighted by Crippen LogP contribution is -2.53. The Morgan fingerprint density at radius 1 is 0.923 bits per heavy atom. The highest BCUT2D eigenvalue weighted by Gasteiger charge is 2.24. The van der Waals surface area contributed by atoms with E-state index in [0.29, 0.717) is 38.3 Å². The molecular weight excluding hydrogens is 330 g/mol. The maximum Gasteiger partial charge on any atom is 0.317 e. The predicted octanol–water partition coefficient (Wildman–Crippen LogP) is 2.36. The van der Waals surface area contributed by atoms with Crippen LogP contribution < -0.4 is 10.1 Å². The number of carbonyl (C=O) groups excluding carboxylic acids is 2. The lowest BCUT2D eigenvalue weighted by atomic mass is 10.1. The van der Waals surface area contributed by atoms with Gasteiger partial charge in [-0.25, -0.2) is 4.79 Å². The van der Waals surface area contributed by atoms with Crippen LogP contribution in [0.4, 0.5) is 4.79 Å². The third-order valence-corrected chi connectivity index (χ3v) is 4.48.